The van der Waals surface area contributed by atoms with Gasteiger partial charge in [-0.2, -0.15) is 0 Å². The van der Waals surface area contributed by atoms with Gasteiger partial charge in [0.2, 0.25) is 0 Å². The van der Waals surface area contributed by atoms with Gasteiger partial charge in [-0.1, -0.05) is 35.9 Å². The summed E-state index contributed by atoms with van der Waals surface area (Å²) >= 11 is 0. The third kappa shape index (κ3) is 5.55. The molecule has 4 nitrogen and oxygen atoms in total. The van der Waals surface area contributed by atoms with Gasteiger partial charge in [-0.05, 0) is 56.9 Å². The zero-order valence-electron chi connectivity index (χ0n) is 19.3. The standard InChI is InChI=1S/C26H37NO3/c1-20-6-9-22(10-7-20)26(14-17-30-25(2,3)19-26)13-16-27-15-12-21-8-11-23(28-4)24(18-21)29-5/h6-11,18,27H,12-17,19H2,1-5H3/p+1/t26-/m1/s1. The van der Waals surface area contributed by atoms with E-state index in [1.165, 1.54) is 23.1 Å². The Labute approximate surface area is 181 Å². The Morgan fingerprint density at radius 2 is 1.70 bits per heavy atom. The van der Waals surface area contributed by atoms with Crippen LogP contribution < -0.4 is 14.8 Å². The first kappa shape index (κ1) is 22.6. The largest absolute Gasteiger partial charge is 0.493 e. The summed E-state index contributed by atoms with van der Waals surface area (Å²) in [6.45, 7) is 9.65. The van der Waals surface area contributed by atoms with E-state index in [0.29, 0.717) is 0 Å². The van der Waals surface area contributed by atoms with Gasteiger partial charge >= 0.3 is 0 Å². The molecule has 1 atom stereocenters. The maximum absolute atomic E-state index is 6.06. The summed E-state index contributed by atoms with van der Waals surface area (Å²) in [5.41, 5.74) is 4.21. The van der Waals surface area contributed by atoms with Gasteiger partial charge in [0, 0.05) is 24.9 Å². The van der Waals surface area contributed by atoms with Gasteiger partial charge in [-0.25, -0.2) is 0 Å². The fourth-order valence-corrected chi connectivity index (χ4v) is 4.82. The molecule has 0 radical (unpaired) electrons. The van der Waals surface area contributed by atoms with Crippen LogP contribution >= 0.6 is 0 Å². The third-order valence-electron chi connectivity index (χ3n) is 6.41. The first-order valence-corrected chi connectivity index (χ1v) is 11.1. The molecule has 2 N–H and O–H groups in total. The van der Waals surface area contributed by atoms with Crippen LogP contribution in [0.2, 0.25) is 0 Å². The molecular formula is C26H38NO3+. The highest BCUT2D eigenvalue weighted by Crippen LogP contribution is 2.43. The highest BCUT2D eigenvalue weighted by molar-refractivity contribution is 5.42. The first-order valence-electron chi connectivity index (χ1n) is 11.1. The number of quaternary nitrogens is 1. The predicted octanol–water partition coefficient (Wildman–Crippen LogP) is 4.04. The zero-order valence-corrected chi connectivity index (χ0v) is 19.3. The molecule has 0 spiro atoms. The summed E-state index contributed by atoms with van der Waals surface area (Å²) < 4.78 is 16.8. The van der Waals surface area contributed by atoms with Gasteiger partial charge < -0.3 is 19.5 Å². The summed E-state index contributed by atoms with van der Waals surface area (Å²) in [4.78, 5) is 0. The number of benzene rings is 2. The zero-order chi connectivity index (χ0) is 21.6. The van der Waals surface area contributed by atoms with Crippen molar-refractivity contribution in [1.29, 1.82) is 0 Å². The lowest BCUT2D eigenvalue weighted by atomic mass is 9.67. The number of nitrogens with two attached hydrogens (primary N) is 1. The van der Waals surface area contributed by atoms with Crippen LogP contribution in [0.3, 0.4) is 0 Å². The van der Waals surface area contributed by atoms with Crippen molar-refractivity contribution in [2.24, 2.45) is 0 Å². The number of ether oxygens (including phenoxy) is 3. The molecule has 1 fully saturated rings. The molecule has 0 bridgehead atoms. The number of aryl methyl sites for hydroxylation is 1. The second-order valence-corrected chi connectivity index (χ2v) is 9.24. The van der Waals surface area contributed by atoms with Crippen LogP contribution in [0.25, 0.3) is 0 Å². The van der Waals surface area contributed by atoms with Crippen LogP contribution in [-0.4, -0.2) is 39.5 Å². The molecule has 1 saturated heterocycles. The van der Waals surface area contributed by atoms with Crippen molar-refractivity contribution in [3.8, 4) is 11.5 Å². The molecule has 0 aliphatic carbocycles. The Bertz CT molecular complexity index is 816. The molecule has 0 amide bonds. The van der Waals surface area contributed by atoms with Crippen molar-refractivity contribution in [3.63, 3.8) is 0 Å². The molecule has 3 rings (SSSR count). The van der Waals surface area contributed by atoms with Crippen molar-refractivity contribution < 1.29 is 19.5 Å². The fourth-order valence-electron chi connectivity index (χ4n) is 4.82. The molecule has 1 heterocycles. The minimum atomic E-state index is -0.0667. The normalized spacial score (nSPS) is 20.7. The molecule has 0 saturated carbocycles. The van der Waals surface area contributed by atoms with E-state index in [0.717, 1.165) is 50.5 Å². The Balaban J connectivity index is 1.59. The molecule has 2 aromatic carbocycles. The van der Waals surface area contributed by atoms with Gasteiger partial charge in [-0.3, -0.25) is 0 Å². The summed E-state index contributed by atoms with van der Waals surface area (Å²) in [5, 5.41) is 2.45. The van der Waals surface area contributed by atoms with Crippen LogP contribution in [-0.2, 0) is 16.6 Å². The van der Waals surface area contributed by atoms with Crippen LogP contribution in [0, 0.1) is 6.92 Å². The van der Waals surface area contributed by atoms with Gasteiger partial charge in [0.15, 0.2) is 11.5 Å². The van der Waals surface area contributed by atoms with Crippen LogP contribution in [0.15, 0.2) is 42.5 Å². The molecule has 0 aromatic heterocycles. The maximum atomic E-state index is 6.06. The maximum Gasteiger partial charge on any atom is 0.160 e. The minimum absolute atomic E-state index is 0.0667. The van der Waals surface area contributed by atoms with Crippen LogP contribution in [0.5, 0.6) is 11.5 Å². The quantitative estimate of drug-likeness (QED) is 0.633. The molecule has 30 heavy (non-hydrogen) atoms. The van der Waals surface area contributed by atoms with Crippen molar-refractivity contribution in [2.75, 3.05) is 33.9 Å². The number of rotatable bonds is 9. The average Bonchev–Trinajstić information content (AvgIpc) is 2.73. The second kappa shape index (κ2) is 9.84. The Morgan fingerprint density at radius 1 is 0.967 bits per heavy atom. The highest BCUT2D eigenvalue weighted by Gasteiger charge is 2.42. The van der Waals surface area contributed by atoms with Crippen molar-refractivity contribution >= 4 is 0 Å². The lowest BCUT2D eigenvalue weighted by Gasteiger charge is -2.45. The van der Waals surface area contributed by atoms with Crippen molar-refractivity contribution in [2.45, 2.75) is 57.5 Å². The highest BCUT2D eigenvalue weighted by atomic mass is 16.5. The lowest BCUT2D eigenvalue weighted by molar-refractivity contribution is -0.655. The van der Waals surface area contributed by atoms with E-state index in [9.17, 15) is 0 Å². The molecular weight excluding hydrogens is 374 g/mol. The number of hydrogen-bond acceptors (Lipinski definition) is 3. The van der Waals surface area contributed by atoms with E-state index >= 15 is 0 Å². The molecule has 0 unspecified atom stereocenters. The first-order chi connectivity index (χ1) is 14.4. The van der Waals surface area contributed by atoms with Crippen molar-refractivity contribution in [1.82, 2.24) is 0 Å². The Hall–Kier alpha value is -2.04. The van der Waals surface area contributed by atoms with Gasteiger partial charge in [0.1, 0.15) is 0 Å². The Morgan fingerprint density at radius 3 is 2.37 bits per heavy atom. The van der Waals surface area contributed by atoms with Crippen LogP contribution in [0.4, 0.5) is 0 Å². The second-order valence-electron chi connectivity index (χ2n) is 9.24. The molecule has 1 aliphatic rings. The molecule has 164 valence electrons. The van der Waals surface area contributed by atoms with Crippen LogP contribution in [0.1, 0.15) is 49.8 Å². The van der Waals surface area contributed by atoms with Gasteiger partial charge in [0.25, 0.3) is 0 Å². The fraction of sp³-hybridized carbons (Fsp3) is 0.538. The topological polar surface area (TPSA) is 44.3 Å². The third-order valence-corrected chi connectivity index (χ3v) is 6.41. The molecule has 4 heteroatoms. The smallest absolute Gasteiger partial charge is 0.160 e. The summed E-state index contributed by atoms with van der Waals surface area (Å²) in [6.07, 6.45) is 4.37. The molecule has 2 aromatic rings. The summed E-state index contributed by atoms with van der Waals surface area (Å²) in [6, 6.07) is 15.4. The van der Waals surface area contributed by atoms with E-state index in [4.69, 9.17) is 14.2 Å². The minimum Gasteiger partial charge on any atom is -0.493 e. The number of methoxy groups -OCH3 is 2. The SMILES string of the molecule is COc1ccc(CC[NH2+]CC[C@@]2(c3ccc(C)cc3)CCOC(C)(C)C2)cc1OC. The Kier molecular flexibility index (Phi) is 7.43. The van der Waals surface area contributed by atoms with E-state index in [-0.39, 0.29) is 11.0 Å². The monoisotopic (exact) mass is 412 g/mol. The summed E-state index contributed by atoms with van der Waals surface area (Å²) in [7, 11) is 3.36. The summed E-state index contributed by atoms with van der Waals surface area (Å²) in [5.74, 6) is 1.59. The van der Waals surface area contributed by atoms with E-state index in [2.05, 4.69) is 62.5 Å². The van der Waals surface area contributed by atoms with Gasteiger partial charge in [-0.15, -0.1) is 0 Å². The number of hydrogen-bond donors (Lipinski definition) is 1. The molecule has 1 aliphatic heterocycles. The lowest BCUT2D eigenvalue weighted by Crippen LogP contribution is -2.85. The average molecular weight is 413 g/mol. The predicted molar refractivity (Wildman–Crippen MR) is 122 cm³/mol. The van der Waals surface area contributed by atoms with E-state index in [1.54, 1.807) is 14.2 Å². The van der Waals surface area contributed by atoms with E-state index in [1.807, 2.05) is 6.07 Å². The van der Waals surface area contributed by atoms with Gasteiger partial charge in [0.05, 0.1) is 32.9 Å². The van der Waals surface area contributed by atoms with Crippen molar-refractivity contribution in [3.05, 3.63) is 59.2 Å². The van der Waals surface area contributed by atoms with E-state index < -0.39 is 0 Å².